The van der Waals surface area contributed by atoms with Gasteiger partial charge in [-0.25, -0.2) is 0 Å². The summed E-state index contributed by atoms with van der Waals surface area (Å²) in [6.07, 6.45) is 78.3. The zero-order valence-corrected chi connectivity index (χ0v) is 60.3. The predicted molar refractivity (Wildman–Crippen MR) is 396 cm³/mol. The zero-order valence-electron chi connectivity index (χ0n) is 60.3. The Morgan fingerprint density at radius 3 is 1.10 bits per heavy atom. The van der Waals surface area contributed by atoms with E-state index in [0.29, 0.717) is 6.42 Å². The van der Waals surface area contributed by atoms with Gasteiger partial charge in [-0.2, -0.15) is 0 Å². The molecule has 96 heavy (non-hydrogen) atoms. The number of ether oxygens (including phenoxy) is 4. The molecule has 12 unspecified atom stereocenters. The van der Waals surface area contributed by atoms with Crippen LogP contribution in [0.2, 0.25) is 0 Å². The highest BCUT2D eigenvalue weighted by Gasteiger charge is 2.51. The molecule has 9 N–H and O–H groups in total. The van der Waals surface area contributed by atoms with Crippen molar-refractivity contribution in [3.05, 3.63) is 122 Å². The molecule has 2 rings (SSSR count). The second kappa shape index (κ2) is 64.7. The summed E-state index contributed by atoms with van der Waals surface area (Å²) >= 11 is 0. The van der Waals surface area contributed by atoms with Crippen molar-refractivity contribution in [2.75, 3.05) is 19.8 Å². The fourth-order valence-electron chi connectivity index (χ4n) is 12.1. The number of unbranched alkanes of at least 4 members (excludes halogenated alkanes) is 32. The maximum atomic E-state index is 13.4. The molecule has 2 heterocycles. The van der Waals surface area contributed by atoms with Crippen LogP contribution in [0.3, 0.4) is 0 Å². The van der Waals surface area contributed by atoms with Gasteiger partial charge in [-0.05, 0) is 89.9 Å². The monoisotopic (exact) mass is 1350 g/mol. The molecule has 0 saturated carbocycles. The fourth-order valence-corrected chi connectivity index (χ4v) is 12.1. The van der Waals surface area contributed by atoms with Crippen molar-refractivity contribution in [3.63, 3.8) is 0 Å². The Kier molecular flexibility index (Phi) is 59.7. The smallest absolute Gasteiger partial charge is 0.220 e. The minimum absolute atomic E-state index is 0.242. The van der Waals surface area contributed by atoms with Gasteiger partial charge in [0, 0.05) is 6.42 Å². The molecule has 14 nitrogen and oxygen atoms in total. The van der Waals surface area contributed by atoms with Crippen LogP contribution < -0.4 is 5.32 Å². The summed E-state index contributed by atoms with van der Waals surface area (Å²) in [7, 11) is 0. The molecule has 2 aliphatic heterocycles. The Balaban J connectivity index is 1.61. The normalized spacial score (nSPS) is 22.9. The molecule has 14 heteroatoms. The van der Waals surface area contributed by atoms with Crippen LogP contribution in [0.5, 0.6) is 0 Å². The summed E-state index contributed by atoms with van der Waals surface area (Å²) in [5.74, 6) is -0.242. The van der Waals surface area contributed by atoms with E-state index in [2.05, 4.69) is 129 Å². The van der Waals surface area contributed by atoms with Gasteiger partial charge in [0.05, 0.1) is 32.0 Å². The third-order valence-corrected chi connectivity index (χ3v) is 18.2. The summed E-state index contributed by atoms with van der Waals surface area (Å²) < 4.78 is 22.9. The van der Waals surface area contributed by atoms with E-state index >= 15 is 0 Å². The standard InChI is InChI=1S/C82H141NO13/c1-3-5-7-9-11-13-15-17-19-21-23-25-26-27-28-29-30-31-32-33-34-35-36-37-38-39-40-41-42-43-44-46-48-50-52-54-56-58-60-62-64-66-74(87)83-70(71(86)65-63-61-59-57-55-53-51-49-47-45-24-22-20-18-16-14-12-10-8-6-4-2)69-93-81-79(92)77(90)80(73(68-85)95-81)96-82-78(91)76(89)75(88)72(67-84)94-82/h5,7,11,13,17,19,23,25,27-28,30-31,33-34,36-37,39-40,63,65,70-73,75-82,84-86,88-92H,3-4,6,8-10,12,14-16,18,20-22,24,26,29,32,35,38,41-62,64,66-69H2,1-2H3,(H,83,87)/b7-5-,13-11-,19-17-,25-23-,28-27-,31-30-,34-33-,37-36-,40-39-,65-63+. The average Bonchev–Trinajstić information content (AvgIpc) is 0.807. The van der Waals surface area contributed by atoms with E-state index in [9.17, 15) is 45.6 Å². The maximum absolute atomic E-state index is 13.4. The lowest BCUT2D eigenvalue weighted by molar-refractivity contribution is -0.359. The molecule has 1 amide bonds. The van der Waals surface area contributed by atoms with E-state index in [0.717, 1.165) is 103 Å². The van der Waals surface area contributed by atoms with Crippen LogP contribution in [0.4, 0.5) is 0 Å². The number of carbonyl (C=O) groups is 1. The number of aliphatic hydroxyl groups is 8. The summed E-state index contributed by atoms with van der Waals surface area (Å²) in [6.45, 7) is 2.71. The highest BCUT2D eigenvalue weighted by molar-refractivity contribution is 5.76. The van der Waals surface area contributed by atoms with Crippen molar-refractivity contribution in [1.29, 1.82) is 0 Å². The van der Waals surface area contributed by atoms with E-state index in [4.69, 9.17) is 18.9 Å². The van der Waals surface area contributed by atoms with Crippen molar-refractivity contribution < 1.29 is 64.6 Å². The minimum atomic E-state index is -1.79. The van der Waals surface area contributed by atoms with Gasteiger partial charge in [0.1, 0.15) is 48.8 Å². The van der Waals surface area contributed by atoms with Gasteiger partial charge < -0.3 is 65.1 Å². The molecular formula is C82H141NO13. The highest BCUT2D eigenvalue weighted by atomic mass is 16.7. The molecule has 0 spiro atoms. The molecule has 2 aliphatic rings. The number of hydrogen-bond acceptors (Lipinski definition) is 13. The van der Waals surface area contributed by atoms with Crippen molar-refractivity contribution in [2.45, 2.75) is 370 Å². The molecule has 0 radical (unpaired) electrons. The third-order valence-electron chi connectivity index (χ3n) is 18.2. The van der Waals surface area contributed by atoms with Crippen LogP contribution in [0.25, 0.3) is 0 Å². The van der Waals surface area contributed by atoms with Gasteiger partial charge in [0.25, 0.3) is 0 Å². The second-order valence-corrected chi connectivity index (χ2v) is 26.8. The number of rotatable bonds is 63. The molecular weight excluding hydrogens is 1210 g/mol. The number of carbonyl (C=O) groups excluding carboxylic acids is 1. The summed E-state index contributed by atoms with van der Waals surface area (Å²) in [5, 5.41) is 87.6. The number of hydrogen-bond donors (Lipinski definition) is 9. The molecule has 0 aromatic rings. The zero-order chi connectivity index (χ0) is 69.4. The van der Waals surface area contributed by atoms with Crippen molar-refractivity contribution in [3.8, 4) is 0 Å². The first-order valence-corrected chi connectivity index (χ1v) is 38.8. The van der Waals surface area contributed by atoms with Gasteiger partial charge in [0.2, 0.25) is 5.91 Å². The van der Waals surface area contributed by atoms with Gasteiger partial charge >= 0.3 is 0 Å². The molecule has 0 bridgehead atoms. The Labute approximate surface area is 584 Å². The van der Waals surface area contributed by atoms with Crippen LogP contribution in [0, 0.1) is 0 Å². The van der Waals surface area contributed by atoms with Crippen LogP contribution >= 0.6 is 0 Å². The quantitative estimate of drug-likeness (QED) is 0.0204. The van der Waals surface area contributed by atoms with Gasteiger partial charge in [0.15, 0.2) is 12.6 Å². The van der Waals surface area contributed by atoms with Gasteiger partial charge in [-0.15, -0.1) is 0 Å². The topological polar surface area (TPSA) is 228 Å². The SMILES string of the molecule is CC/C=C\C/C=C\C/C=C\C/C=C\C/C=C\C/C=C\C/C=C\C/C=C\C/C=C\CCCCCCCCCCCCCCCC(=O)NC(COC1OC(CO)C(OC2OC(CO)C(O)C(O)C2O)C(O)C1O)C(O)/C=C/CCCCCCCCCCCCCCCCCCCCC. The molecule has 0 aromatic carbocycles. The summed E-state index contributed by atoms with van der Waals surface area (Å²) in [5.41, 5.74) is 0. The Hall–Kier alpha value is -3.61. The second-order valence-electron chi connectivity index (χ2n) is 26.8. The first-order valence-electron chi connectivity index (χ1n) is 38.8. The number of aliphatic hydroxyl groups excluding tert-OH is 8. The number of amides is 1. The lowest BCUT2D eigenvalue weighted by atomic mass is 9.97. The molecule has 0 aromatic heterocycles. The summed E-state index contributed by atoms with van der Waals surface area (Å²) in [4.78, 5) is 13.4. The van der Waals surface area contributed by atoms with Gasteiger partial charge in [-0.3, -0.25) is 4.79 Å². The molecule has 0 aliphatic carbocycles. The lowest BCUT2D eigenvalue weighted by Crippen LogP contribution is -2.65. The Morgan fingerprint density at radius 1 is 0.385 bits per heavy atom. The van der Waals surface area contributed by atoms with Crippen LogP contribution in [0.1, 0.15) is 296 Å². The average molecular weight is 1350 g/mol. The molecule has 2 fully saturated rings. The van der Waals surface area contributed by atoms with Crippen molar-refractivity contribution in [2.24, 2.45) is 0 Å². The highest BCUT2D eigenvalue weighted by Crippen LogP contribution is 2.30. The summed E-state index contributed by atoms with van der Waals surface area (Å²) in [6, 6.07) is -0.923. The fraction of sp³-hybridized carbons (Fsp3) is 0.744. The molecule has 552 valence electrons. The van der Waals surface area contributed by atoms with Gasteiger partial charge in [-0.1, -0.05) is 322 Å². The lowest BCUT2D eigenvalue weighted by Gasteiger charge is -2.46. The van der Waals surface area contributed by atoms with Crippen LogP contribution in [-0.2, 0) is 23.7 Å². The van der Waals surface area contributed by atoms with E-state index in [-0.39, 0.29) is 18.9 Å². The van der Waals surface area contributed by atoms with E-state index in [1.165, 1.54) is 167 Å². The van der Waals surface area contributed by atoms with E-state index in [1.807, 2.05) is 6.08 Å². The largest absolute Gasteiger partial charge is 0.394 e. The third kappa shape index (κ3) is 47.4. The van der Waals surface area contributed by atoms with Crippen LogP contribution in [0.15, 0.2) is 122 Å². The van der Waals surface area contributed by atoms with Crippen LogP contribution in [-0.4, -0.2) is 140 Å². The first kappa shape index (κ1) is 88.5. The molecule has 2 saturated heterocycles. The maximum Gasteiger partial charge on any atom is 0.220 e. The van der Waals surface area contributed by atoms with E-state index < -0.39 is 86.8 Å². The number of nitrogens with one attached hydrogen (secondary N) is 1. The Morgan fingerprint density at radius 2 is 0.719 bits per heavy atom. The Bertz CT molecular complexity index is 2080. The minimum Gasteiger partial charge on any atom is -0.394 e. The predicted octanol–water partition coefficient (Wildman–Crippen LogP) is 17.2. The van der Waals surface area contributed by atoms with Crippen molar-refractivity contribution in [1.82, 2.24) is 5.32 Å². The van der Waals surface area contributed by atoms with Crippen molar-refractivity contribution >= 4 is 5.91 Å². The first-order chi connectivity index (χ1) is 47.1. The van der Waals surface area contributed by atoms with E-state index in [1.54, 1.807) is 6.08 Å². The number of allylic oxidation sites excluding steroid dienone is 19. The molecule has 12 atom stereocenters.